The molecule has 1 saturated carbocycles. The van der Waals surface area contributed by atoms with Gasteiger partial charge in [-0.2, -0.15) is 0 Å². The molecule has 3 heterocycles. The predicted molar refractivity (Wildman–Crippen MR) is 160 cm³/mol. The van der Waals surface area contributed by atoms with E-state index in [9.17, 15) is 4.79 Å². The Hall–Kier alpha value is -4.10. The van der Waals surface area contributed by atoms with Crippen LogP contribution in [0.25, 0.3) is 17.1 Å². The van der Waals surface area contributed by atoms with Crippen molar-refractivity contribution in [3.05, 3.63) is 90.3 Å². The van der Waals surface area contributed by atoms with Gasteiger partial charge in [0.25, 0.3) is 0 Å². The minimum absolute atomic E-state index is 0.109. The molecule has 0 bridgehead atoms. The third-order valence-corrected chi connectivity index (χ3v) is 9.12. The number of imidazole rings is 1. The summed E-state index contributed by atoms with van der Waals surface area (Å²) in [7, 11) is 3.83. The lowest BCUT2D eigenvalue weighted by Gasteiger charge is -2.37. The second-order valence-electron chi connectivity index (χ2n) is 11.6. The van der Waals surface area contributed by atoms with Gasteiger partial charge < -0.3 is 19.3 Å². The van der Waals surface area contributed by atoms with Gasteiger partial charge in [-0.05, 0) is 62.1 Å². The molecule has 4 aromatic rings. The third-order valence-electron chi connectivity index (χ3n) is 9.12. The number of anilines is 1. The first-order chi connectivity index (χ1) is 20.1. The summed E-state index contributed by atoms with van der Waals surface area (Å²) in [6.45, 7) is 2.51. The molecule has 1 aromatic heterocycles. The van der Waals surface area contributed by atoms with Crippen molar-refractivity contribution in [1.82, 2.24) is 14.5 Å². The van der Waals surface area contributed by atoms with Crippen molar-refractivity contribution in [3.8, 4) is 28.6 Å². The van der Waals surface area contributed by atoms with Crippen LogP contribution in [0.15, 0.2) is 79.1 Å². The van der Waals surface area contributed by atoms with Crippen LogP contribution in [0.1, 0.15) is 43.2 Å². The number of likely N-dealkylation sites (tertiary alicyclic amines) is 1. The highest BCUT2D eigenvalue weighted by Crippen LogP contribution is 2.57. The van der Waals surface area contributed by atoms with Crippen LogP contribution in [0, 0.1) is 0 Å². The average Bonchev–Trinajstić information content (AvgIpc) is 3.56. The minimum Gasteiger partial charge on any atom is -0.497 e. The molecule has 1 aliphatic carbocycles. The first-order valence-corrected chi connectivity index (χ1v) is 14.6. The number of amides is 1. The Bertz CT molecular complexity index is 1550. The van der Waals surface area contributed by atoms with Gasteiger partial charge in [-0.3, -0.25) is 9.36 Å². The lowest BCUT2D eigenvalue weighted by Crippen LogP contribution is -2.44. The van der Waals surface area contributed by atoms with Crippen molar-refractivity contribution in [2.75, 3.05) is 32.1 Å². The van der Waals surface area contributed by atoms with E-state index in [0.29, 0.717) is 6.54 Å². The van der Waals surface area contributed by atoms with Gasteiger partial charge in [0.15, 0.2) is 0 Å². The number of benzene rings is 3. The average molecular weight is 549 g/mol. The zero-order valence-electron chi connectivity index (χ0n) is 23.8. The highest BCUT2D eigenvalue weighted by Gasteiger charge is 2.55. The van der Waals surface area contributed by atoms with Crippen LogP contribution in [-0.2, 0) is 16.8 Å². The zero-order chi connectivity index (χ0) is 28.0. The molecule has 1 saturated heterocycles. The zero-order valence-corrected chi connectivity index (χ0v) is 23.8. The van der Waals surface area contributed by atoms with E-state index in [2.05, 4.69) is 40.8 Å². The Kier molecular flexibility index (Phi) is 6.54. The maximum atomic E-state index is 14.3. The molecular formula is C34H36N4O3. The Balaban J connectivity index is 1.35. The summed E-state index contributed by atoms with van der Waals surface area (Å²) in [5.41, 5.74) is 4.64. The molecule has 0 atom stereocenters. The molecule has 1 amide bonds. The standard InChI is InChI=1S/C34H36N4O3/c1-36-18-13-28(14-19-36)41-30-22-26(37-20-17-35-32(37)25-7-4-3-5-8-25)21-29-31(30)38(33(39)34(29)15-6-16-34)23-24-9-11-27(40-2)12-10-24/h3-5,7-12,17,20-22,28H,6,13-16,18-19,23H2,1-2H3. The quantitative estimate of drug-likeness (QED) is 0.284. The molecule has 41 heavy (non-hydrogen) atoms. The van der Waals surface area contributed by atoms with Crippen LogP contribution < -0.4 is 14.4 Å². The van der Waals surface area contributed by atoms with Crippen molar-refractivity contribution in [1.29, 1.82) is 0 Å². The molecule has 1 spiro atoms. The van der Waals surface area contributed by atoms with Gasteiger partial charge in [-0.15, -0.1) is 0 Å². The number of aromatic nitrogens is 2. The number of piperidine rings is 1. The fourth-order valence-corrected chi connectivity index (χ4v) is 6.61. The summed E-state index contributed by atoms with van der Waals surface area (Å²) < 4.78 is 14.4. The Morgan fingerprint density at radius 2 is 1.76 bits per heavy atom. The fraction of sp³-hybridized carbons (Fsp3) is 0.353. The minimum atomic E-state index is -0.490. The van der Waals surface area contributed by atoms with Crippen molar-refractivity contribution in [3.63, 3.8) is 0 Å². The van der Waals surface area contributed by atoms with Crippen LogP contribution in [0.5, 0.6) is 11.5 Å². The number of methoxy groups -OCH3 is 1. The molecule has 7 rings (SSSR count). The Morgan fingerprint density at radius 1 is 1.00 bits per heavy atom. The third kappa shape index (κ3) is 4.49. The van der Waals surface area contributed by atoms with Crippen molar-refractivity contribution in [2.45, 2.75) is 50.2 Å². The maximum Gasteiger partial charge on any atom is 0.238 e. The smallest absolute Gasteiger partial charge is 0.238 e. The first kappa shape index (κ1) is 25.8. The van der Waals surface area contributed by atoms with Crippen LogP contribution in [-0.4, -0.2) is 53.7 Å². The van der Waals surface area contributed by atoms with E-state index >= 15 is 0 Å². The number of ether oxygens (including phenoxy) is 2. The van der Waals surface area contributed by atoms with E-state index in [4.69, 9.17) is 14.5 Å². The highest BCUT2D eigenvalue weighted by molar-refractivity contribution is 6.10. The molecule has 0 N–H and O–H groups in total. The number of nitrogens with zero attached hydrogens (tertiary/aromatic N) is 4. The van der Waals surface area contributed by atoms with Crippen molar-refractivity contribution in [2.24, 2.45) is 0 Å². The largest absolute Gasteiger partial charge is 0.497 e. The molecule has 7 heteroatoms. The molecule has 0 radical (unpaired) electrons. The van der Waals surface area contributed by atoms with Crippen LogP contribution in [0.2, 0.25) is 0 Å². The topological polar surface area (TPSA) is 59.8 Å². The number of carbonyl (C=O) groups excluding carboxylic acids is 1. The number of hydrogen-bond acceptors (Lipinski definition) is 5. The number of carbonyl (C=O) groups is 1. The monoisotopic (exact) mass is 548 g/mol. The lowest BCUT2D eigenvalue weighted by molar-refractivity contribution is -0.126. The summed E-state index contributed by atoms with van der Waals surface area (Å²) >= 11 is 0. The van der Waals surface area contributed by atoms with Gasteiger partial charge in [-0.25, -0.2) is 4.98 Å². The predicted octanol–water partition coefficient (Wildman–Crippen LogP) is 5.99. The van der Waals surface area contributed by atoms with Crippen molar-refractivity contribution >= 4 is 11.6 Å². The van der Waals surface area contributed by atoms with Gasteiger partial charge >= 0.3 is 0 Å². The van der Waals surface area contributed by atoms with Gasteiger partial charge in [-0.1, -0.05) is 48.9 Å². The van der Waals surface area contributed by atoms with E-state index < -0.39 is 5.41 Å². The second-order valence-corrected chi connectivity index (χ2v) is 11.6. The first-order valence-electron chi connectivity index (χ1n) is 14.6. The maximum absolute atomic E-state index is 14.3. The molecule has 210 valence electrons. The van der Waals surface area contributed by atoms with E-state index in [1.165, 1.54) is 0 Å². The number of hydrogen-bond donors (Lipinski definition) is 0. The van der Waals surface area contributed by atoms with Gasteiger partial charge in [0.05, 0.1) is 30.4 Å². The number of rotatable bonds is 7. The van der Waals surface area contributed by atoms with E-state index in [-0.39, 0.29) is 12.0 Å². The summed E-state index contributed by atoms with van der Waals surface area (Å²) in [5, 5.41) is 0. The van der Waals surface area contributed by atoms with E-state index in [1.807, 2.05) is 59.8 Å². The number of fused-ring (bicyclic) bond motifs is 2. The molecule has 2 fully saturated rings. The van der Waals surface area contributed by atoms with Gasteiger partial charge in [0, 0.05) is 37.1 Å². The summed E-state index contributed by atoms with van der Waals surface area (Å²) in [5.74, 6) is 2.67. The second kappa shape index (κ2) is 10.4. The molecule has 0 unspecified atom stereocenters. The van der Waals surface area contributed by atoms with Crippen LogP contribution >= 0.6 is 0 Å². The molecule has 7 nitrogen and oxygen atoms in total. The van der Waals surface area contributed by atoms with Crippen molar-refractivity contribution < 1.29 is 14.3 Å². The fourth-order valence-electron chi connectivity index (χ4n) is 6.61. The molecule has 3 aliphatic rings. The summed E-state index contributed by atoms with van der Waals surface area (Å²) in [6.07, 6.45) is 8.67. The summed E-state index contributed by atoms with van der Waals surface area (Å²) in [4.78, 5) is 23.3. The van der Waals surface area contributed by atoms with E-state index in [0.717, 1.165) is 90.6 Å². The van der Waals surface area contributed by atoms with Gasteiger partial charge in [0.1, 0.15) is 23.4 Å². The van der Waals surface area contributed by atoms with Gasteiger partial charge in [0.2, 0.25) is 5.91 Å². The highest BCUT2D eigenvalue weighted by atomic mass is 16.5. The normalized spacial score (nSPS) is 18.4. The molecular weight excluding hydrogens is 512 g/mol. The van der Waals surface area contributed by atoms with Crippen LogP contribution in [0.4, 0.5) is 5.69 Å². The van der Waals surface area contributed by atoms with Crippen LogP contribution in [0.3, 0.4) is 0 Å². The summed E-state index contributed by atoms with van der Waals surface area (Å²) in [6, 6.07) is 22.6. The molecule has 2 aliphatic heterocycles. The SMILES string of the molecule is COc1ccc(CN2C(=O)C3(CCC3)c3cc(-n4ccnc4-c4ccccc4)cc(OC4CCN(C)CC4)c32)cc1. The Morgan fingerprint density at radius 3 is 2.44 bits per heavy atom. The van der Waals surface area contributed by atoms with E-state index in [1.54, 1.807) is 7.11 Å². The Labute approximate surface area is 241 Å². The molecule has 3 aromatic carbocycles. The lowest BCUT2D eigenvalue weighted by atomic mass is 9.65.